The van der Waals surface area contributed by atoms with Gasteiger partial charge < -0.3 is 13.9 Å². The molecule has 0 spiro atoms. The first-order chi connectivity index (χ1) is 26.3. The maximum atomic E-state index is 6.68. The van der Waals surface area contributed by atoms with E-state index in [-0.39, 0.29) is 0 Å². The second-order valence-corrected chi connectivity index (χ2v) is 13.7. The fraction of sp³-hybridized carbons (Fsp3) is 0. The fourth-order valence-electron chi connectivity index (χ4n) is 8.36. The predicted molar refractivity (Wildman–Crippen MR) is 223 cm³/mol. The molecule has 11 rings (SSSR count). The van der Waals surface area contributed by atoms with Crippen LogP contribution in [0.4, 0.5) is 17.1 Å². The van der Waals surface area contributed by atoms with Crippen molar-refractivity contribution in [3.8, 4) is 16.8 Å². The number of rotatable bonds is 5. The molecule has 0 fully saturated rings. The van der Waals surface area contributed by atoms with Gasteiger partial charge in [0.05, 0.1) is 22.4 Å². The van der Waals surface area contributed by atoms with E-state index in [4.69, 9.17) is 4.42 Å². The highest BCUT2D eigenvalue weighted by Crippen LogP contribution is 2.44. The van der Waals surface area contributed by atoms with Crippen LogP contribution in [0.25, 0.3) is 82.1 Å². The predicted octanol–water partition coefficient (Wildman–Crippen LogP) is 14.1. The van der Waals surface area contributed by atoms with Crippen LogP contribution in [0.3, 0.4) is 0 Å². The number of hydrogen-bond donors (Lipinski definition) is 0. The summed E-state index contributed by atoms with van der Waals surface area (Å²) < 4.78 is 9.07. The molecule has 0 aliphatic rings. The lowest BCUT2D eigenvalue weighted by molar-refractivity contribution is 0.670. The number of nitrogens with zero attached hydrogens (tertiary/aromatic N) is 2. The zero-order chi connectivity index (χ0) is 34.9. The van der Waals surface area contributed by atoms with Crippen LogP contribution in [-0.4, -0.2) is 4.57 Å². The van der Waals surface area contributed by atoms with E-state index in [0.717, 1.165) is 55.8 Å². The van der Waals surface area contributed by atoms with Gasteiger partial charge in [0.25, 0.3) is 0 Å². The molecule has 9 aromatic carbocycles. The third-order valence-corrected chi connectivity index (χ3v) is 10.8. The van der Waals surface area contributed by atoms with Crippen LogP contribution in [0, 0.1) is 0 Å². The minimum absolute atomic E-state index is 0.887. The topological polar surface area (TPSA) is 21.3 Å². The first kappa shape index (κ1) is 29.6. The summed E-state index contributed by atoms with van der Waals surface area (Å²) in [7, 11) is 0. The van der Waals surface area contributed by atoms with Gasteiger partial charge >= 0.3 is 0 Å². The molecule has 11 aromatic rings. The van der Waals surface area contributed by atoms with Crippen LogP contribution in [0.5, 0.6) is 0 Å². The van der Waals surface area contributed by atoms with Gasteiger partial charge in [0.1, 0.15) is 11.2 Å². The van der Waals surface area contributed by atoms with Gasteiger partial charge in [-0.1, -0.05) is 140 Å². The Kier molecular flexibility index (Phi) is 6.55. The summed E-state index contributed by atoms with van der Waals surface area (Å²) in [5, 5.41) is 9.53. The lowest BCUT2D eigenvalue weighted by Gasteiger charge is -2.28. The third-order valence-electron chi connectivity index (χ3n) is 10.8. The maximum Gasteiger partial charge on any atom is 0.143 e. The minimum Gasteiger partial charge on any atom is -0.455 e. The van der Waals surface area contributed by atoms with Crippen molar-refractivity contribution in [2.75, 3.05) is 4.90 Å². The average Bonchev–Trinajstić information content (AvgIpc) is 3.77. The van der Waals surface area contributed by atoms with Crippen molar-refractivity contribution < 1.29 is 4.42 Å². The summed E-state index contributed by atoms with van der Waals surface area (Å²) in [6.45, 7) is 0. The number of furan rings is 1. The van der Waals surface area contributed by atoms with Gasteiger partial charge in [-0.2, -0.15) is 0 Å². The highest BCUT2D eigenvalue weighted by atomic mass is 16.3. The molecule has 0 saturated carbocycles. The monoisotopic (exact) mass is 676 g/mol. The number of anilines is 3. The molecule has 0 aliphatic carbocycles. The molecule has 0 amide bonds. The second-order valence-electron chi connectivity index (χ2n) is 13.7. The van der Waals surface area contributed by atoms with E-state index in [2.05, 4.69) is 198 Å². The Hall–Kier alpha value is -7.10. The summed E-state index contributed by atoms with van der Waals surface area (Å²) in [4.78, 5) is 2.40. The van der Waals surface area contributed by atoms with E-state index in [0.29, 0.717) is 0 Å². The highest BCUT2D eigenvalue weighted by Gasteiger charge is 2.21. The van der Waals surface area contributed by atoms with Crippen molar-refractivity contribution in [3.63, 3.8) is 0 Å². The van der Waals surface area contributed by atoms with Crippen molar-refractivity contribution in [1.82, 2.24) is 4.57 Å². The molecule has 2 heterocycles. The molecule has 0 saturated heterocycles. The fourth-order valence-corrected chi connectivity index (χ4v) is 8.36. The standard InChI is InChI=1S/C50H32N2O/c1-3-17-38-33(13-1)15-11-24-45(38)51(46-25-12-16-34-14-2-4-18-39(34)46)36-29-27-35(28-30-36)43-31-37(32-44-42-21-7-10-26-49(42)53-50(43)44)52-47-22-8-5-19-40(47)41-20-6-9-23-48(41)52/h1-32H. The lowest BCUT2D eigenvalue weighted by Crippen LogP contribution is -2.11. The van der Waals surface area contributed by atoms with Crippen LogP contribution < -0.4 is 4.90 Å². The number of para-hydroxylation sites is 3. The molecule has 0 aliphatic heterocycles. The van der Waals surface area contributed by atoms with Crippen molar-refractivity contribution in [2.24, 2.45) is 0 Å². The Morgan fingerprint density at radius 1 is 0.396 bits per heavy atom. The lowest BCUT2D eigenvalue weighted by atomic mass is 9.99. The zero-order valence-electron chi connectivity index (χ0n) is 28.8. The van der Waals surface area contributed by atoms with E-state index in [1.54, 1.807) is 0 Å². The highest BCUT2D eigenvalue weighted by molar-refractivity contribution is 6.13. The largest absolute Gasteiger partial charge is 0.455 e. The second kappa shape index (κ2) is 11.7. The van der Waals surface area contributed by atoms with E-state index < -0.39 is 0 Å². The smallest absolute Gasteiger partial charge is 0.143 e. The Balaban J connectivity index is 1.14. The molecule has 3 heteroatoms. The first-order valence-electron chi connectivity index (χ1n) is 18.1. The Labute approximate surface area is 306 Å². The molecule has 0 unspecified atom stereocenters. The quantitative estimate of drug-likeness (QED) is 0.181. The molecule has 53 heavy (non-hydrogen) atoms. The van der Waals surface area contributed by atoms with Gasteiger partial charge in [-0.25, -0.2) is 0 Å². The van der Waals surface area contributed by atoms with Gasteiger partial charge in [0.15, 0.2) is 0 Å². The molecule has 0 N–H and O–H groups in total. The molecule has 0 atom stereocenters. The molecule has 0 bridgehead atoms. The molecule has 0 radical (unpaired) electrons. The van der Waals surface area contributed by atoms with Crippen LogP contribution in [0.15, 0.2) is 199 Å². The van der Waals surface area contributed by atoms with Gasteiger partial charge in [0.2, 0.25) is 0 Å². The number of aromatic nitrogens is 1. The molecular formula is C50H32N2O. The first-order valence-corrected chi connectivity index (χ1v) is 18.1. The minimum atomic E-state index is 0.887. The third kappa shape index (κ3) is 4.61. The Morgan fingerprint density at radius 3 is 1.53 bits per heavy atom. The van der Waals surface area contributed by atoms with Crippen LogP contribution in [0.1, 0.15) is 0 Å². The van der Waals surface area contributed by atoms with E-state index >= 15 is 0 Å². The van der Waals surface area contributed by atoms with Crippen LogP contribution >= 0.6 is 0 Å². The normalized spacial score (nSPS) is 11.8. The van der Waals surface area contributed by atoms with Gasteiger partial charge in [-0.3, -0.25) is 0 Å². The Morgan fingerprint density at radius 2 is 0.906 bits per heavy atom. The summed E-state index contributed by atoms with van der Waals surface area (Å²) in [5.74, 6) is 0. The molecular weight excluding hydrogens is 645 g/mol. The van der Waals surface area contributed by atoms with Crippen molar-refractivity contribution in [1.29, 1.82) is 0 Å². The SMILES string of the molecule is c1ccc2c(N(c3ccc(-c4cc(-n5c6ccccc6c6ccccc65)cc5c4oc4ccccc45)cc3)c3cccc4ccccc34)cccc2c1. The van der Waals surface area contributed by atoms with Crippen LogP contribution in [-0.2, 0) is 0 Å². The number of benzene rings is 9. The van der Waals surface area contributed by atoms with E-state index in [9.17, 15) is 0 Å². The Bertz CT molecular complexity index is 3040. The molecule has 2 aromatic heterocycles. The van der Waals surface area contributed by atoms with Gasteiger partial charge in [-0.05, 0) is 70.9 Å². The van der Waals surface area contributed by atoms with E-state index in [1.807, 2.05) is 6.07 Å². The summed E-state index contributed by atoms with van der Waals surface area (Å²) in [5.41, 5.74) is 10.8. The van der Waals surface area contributed by atoms with Crippen molar-refractivity contribution in [3.05, 3.63) is 194 Å². The van der Waals surface area contributed by atoms with E-state index in [1.165, 1.54) is 43.4 Å². The number of fused-ring (bicyclic) bond motifs is 8. The molecule has 248 valence electrons. The zero-order valence-corrected chi connectivity index (χ0v) is 28.8. The van der Waals surface area contributed by atoms with Gasteiger partial charge in [-0.15, -0.1) is 0 Å². The maximum absolute atomic E-state index is 6.68. The van der Waals surface area contributed by atoms with Crippen molar-refractivity contribution >= 4 is 82.4 Å². The summed E-state index contributed by atoms with van der Waals surface area (Å²) in [6, 6.07) is 69.7. The van der Waals surface area contributed by atoms with Crippen LogP contribution in [0.2, 0.25) is 0 Å². The summed E-state index contributed by atoms with van der Waals surface area (Å²) in [6.07, 6.45) is 0. The average molecular weight is 677 g/mol. The van der Waals surface area contributed by atoms with Gasteiger partial charge in [0, 0.05) is 49.3 Å². The summed E-state index contributed by atoms with van der Waals surface area (Å²) >= 11 is 0. The number of hydrogen-bond acceptors (Lipinski definition) is 2. The van der Waals surface area contributed by atoms with Crippen molar-refractivity contribution in [2.45, 2.75) is 0 Å². The molecule has 3 nitrogen and oxygen atoms in total.